The van der Waals surface area contributed by atoms with E-state index >= 15 is 0 Å². The Morgan fingerprint density at radius 3 is 2.32 bits per heavy atom. The highest BCUT2D eigenvalue weighted by Crippen LogP contribution is 2.28. The molecule has 1 atom stereocenters. The molecule has 0 bridgehead atoms. The van der Waals surface area contributed by atoms with Gasteiger partial charge in [-0.15, -0.1) is 0 Å². The van der Waals surface area contributed by atoms with E-state index in [-0.39, 0.29) is 6.04 Å². The Bertz CT molecular complexity index is 578. The maximum Gasteiger partial charge on any atom is 0.118 e. The summed E-state index contributed by atoms with van der Waals surface area (Å²) < 4.78 is 0. The van der Waals surface area contributed by atoms with Gasteiger partial charge in [-0.05, 0) is 61.7 Å². The van der Waals surface area contributed by atoms with Crippen molar-refractivity contribution in [3.05, 3.63) is 58.1 Å². The van der Waals surface area contributed by atoms with Gasteiger partial charge >= 0.3 is 0 Å². The van der Waals surface area contributed by atoms with Crippen LogP contribution in [-0.4, -0.2) is 5.11 Å². The third-order valence-electron chi connectivity index (χ3n) is 3.28. The van der Waals surface area contributed by atoms with E-state index in [0.717, 1.165) is 21.8 Å². The summed E-state index contributed by atoms with van der Waals surface area (Å²) in [4.78, 5) is 0. The van der Waals surface area contributed by atoms with E-state index in [1.807, 2.05) is 44.2 Å². The normalized spacial score (nSPS) is 12.2. The summed E-state index contributed by atoms with van der Waals surface area (Å²) in [7, 11) is 0. The second kappa shape index (κ2) is 5.54. The van der Waals surface area contributed by atoms with Crippen molar-refractivity contribution in [3.63, 3.8) is 0 Å². The molecule has 0 amide bonds. The van der Waals surface area contributed by atoms with Crippen LogP contribution in [0.3, 0.4) is 0 Å². The largest absolute Gasteiger partial charge is 0.508 e. The Morgan fingerprint density at radius 1 is 1.05 bits per heavy atom. The minimum atomic E-state index is 0.180. The molecule has 0 aliphatic carbocycles. The third kappa shape index (κ3) is 3.21. The number of aromatic hydroxyl groups is 1. The molecule has 3 heteroatoms. The number of rotatable bonds is 3. The zero-order chi connectivity index (χ0) is 14.0. The van der Waals surface area contributed by atoms with Gasteiger partial charge in [0.15, 0.2) is 0 Å². The smallest absolute Gasteiger partial charge is 0.118 e. The number of aryl methyl sites for hydroxylation is 2. The van der Waals surface area contributed by atoms with E-state index in [4.69, 9.17) is 11.6 Å². The van der Waals surface area contributed by atoms with Crippen molar-refractivity contribution in [1.82, 2.24) is 0 Å². The summed E-state index contributed by atoms with van der Waals surface area (Å²) in [5.41, 5.74) is 4.12. The van der Waals surface area contributed by atoms with Gasteiger partial charge in [-0.25, -0.2) is 0 Å². The number of hydrogen-bond donors (Lipinski definition) is 2. The number of hydrogen-bond acceptors (Lipinski definition) is 2. The molecule has 0 radical (unpaired) electrons. The topological polar surface area (TPSA) is 32.3 Å². The Morgan fingerprint density at radius 2 is 1.68 bits per heavy atom. The predicted molar refractivity (Wildman–Crippen MR) is 81.1 cm³/mol. The average Bonchev–Trinajstić information content (AvgIpc) is 2.36. The first-order chi connectivity index (χ1) is 8.97. The van der Waals surface area contributed by atoms with E-state index in [1.54, 1.807) is 6.07 Å². The Hall–Kier alpha value is -1.67. The van der Waals surface area contributed by atoms with Crippen LogP contribution in [0.1, 0.15) is 29.7 Å². The number of nitrogens with one attached hydrogen (secondary N) is 1. The number of benzene rings is 2. The van der Waals surface area contributed by atoms with Crippen molar-refractivity contribution in [3.8, 4) is 5.75 Å². The van der Waals surface area contributed by atoms with Gasteiger partial charge in [0.2, 0.25) is 0 Å². The summed E-state index contributed by atoms with van der Waals surface area (Å²) in [6, 6.07) is 11.8. The van der Waals surface area contributed by atoms with Crippen molar-refractivity contribution in [2.45, 2.75) is 26.8 Å². The lowest BCUT2D eigenvalue weighted by Gasteiger charge is -2.18. The van der Waals surface area contributed by atoms with Crippen molar-refractivity contribution in [1.29, 1.82) is 0 Å². The SMILES string of the molecule is Cc1cc(NC(C)c2ccc(Cl)cc2)c(C)cc1O. The molecule has 0 heterocycles. The highest BCUT2D eigenvalue weighted by atomic mass is 35.5. The Balaban J connectivity index is 2.21. The zero-order valence-electron chi connectivity index (χ0n) is 11.4. The van der Waals surface area contributed by atoms with Crippen LogP contribution in [0.5, 0.6) is 5.75 Å². The molecule has 0 spiro atoms. The van der Waals surface area contributed by atoms with E-state index in [1.165, 1.54) is 5.56 Å². The van der Waals surface area contributed by atoms with E-state index in [9.17, 15) is 5.11 Å². The molecule has 2 nitrogen and oxygen atoms in total. The molecule has 0 saturated carbocycles. The fraction of sp³-hybridized carbons (Fsp3) is 0.250. The van der Waals surface area contributed by atoms with Gasteiger partial charge in [-0.2, -0.15) is 0 Å². The zero-order valence-corrected chi connectivity index (χ0v) is 12.1. The Labute approximate surface area is 119 Å². The second-order valence-electron chi connectivity index (χ2n) is 4.87. The van der Waals surface area contributed by atoms with Crippen molar-refractivity contribution < 1.29 is 5.11 Å². The molecule has 0 aromatic heterocycles. The second-order valence-corrected chi connectivity index (χ2v) is 5.31. The van der Waals surface area contributed by atoms with Gasteiger partial charge in [0.1, 0.15) is 5.75 Å². The Kier molecular flexibility index (Phi) is 4.01. The van der Waals surface area contributed by atoms with Crippen molar-refractivity contribution in [2.75, 3.05) is 5.32 Å². The van der Waals surface area contributed by atoms with Crippen LogP contribution >= 0.6 is 11.6 Å². The first kappa shape index (κ1) is 13.8. The lowest BCUT2D eigenvalue weighted by molar-refractivity contribution is 0.470. The first-order valence-corrected chi connectivity index (χ1v) is 6.67. The molecule has 0 saturated heterocycles. The van der Waals surface area contributed by atoms with Crippen LogP contribution in [0.15, 0.2) is 36.4 Å². The maximum absolute atomic E-state index is 9.66. The first-order valence-electron chi connectivity index (χ1n) is 6.29. The van der Waals surface area contributed by atoms with E-state index in [0.29, 0.717) is 5.75 Å². The molecule has 0 fully saturated rings. The van der Waals surface area contributed by atoms with E-state index < -0.39 is 0 Å². The minimum absolute atomic E-state index is 0.180. The van der Waals surface area contributed by atoms with Crippen molar-refractivity contribution in [2.24, 2.45) is 0 Å². The molecular formula is C16H18ClNO. The molecule has 1 unspecified atom stereocenters. The highest BCUT2D eigenvalue weighted by Gasteiger charge is 2.08. The minimum Gasteiger partial charge on any atom is -0.508 e. The van der Waals surface area contributed by atoms with Gasteiger partial charge in [0.25, 0.3) is 0 Å². The van der Waals surface area contributed by atoms with Crippen LogP contribution in [0, 0.1) is 13.8 Å². The monoisotopic (exact) mass is 275 g/mol. The molecule has 2 rings (SSSR count). The molecular weight excluding hydrogens is 258 g/mol. The lowest BCUT2D eigenvalue weighted by atomic mass is 10.1. The summed E-state index contributed by atoms with van der Waals surface area (Å²) in [5, 5.41) is 13.9. The average molecular weight is 276 g/mol. The molecule has 0 aliphatic heterocycles. The van der Waals surface area contributed by atoms with Gasteiger partial charge in [0.05, 0.1) is 0 Å². The van der Waals surface area contributed by atoms with Gasteiger partial charge in [-0.3, -0.25) is 0 Å². The maximum atomic E-state index is 9.66. The van der Waals surface area contributed by atoms with Crippen LogP contribution in [-0.2, 0) is 0 Å². The fourth-order valence-electron chi connectivity index (χ4n) is 2.02. The van der Waals surface area contributed by atoms with Gasteiger partial charge in [-0.1, -0.05) is 23.7 Å². The van der Waals surface area contributed by atoms with Crippen LogP contribution in [0.25, 0.3) is 0 Å². The number of phenols is 1. The van der Waals surface area contributed by atoms with Gasteiger partial charge < -0.3 is 10.4 Å². The standard InChI is InChI=1S/C16H18ClNO/c1-10-9-16(19)11(2)8-15(10)18-12(3)13-4-6-14(17)7-5-13/h4-9,12,18-19H,1-3H3. The van der Waals surface area contributed by atoms with E-state index in [2.05, 4.69) is 12.2 Å². The quantitative estimate of drug-likeness (QED) is 0.786. The third-order valence-corrected chi connectivity index (χ3v) is 3.54. The molecule has 2 aromatic rings. The predicted octanol–water partition coefficient (Wildman–Crippen LogP) is 4.84. The van der Waals surface area contributed by atoms with Crippen LogP contribution < -0.4 is 5.32 Å². The molecule has 2 N–H and O–H groups in total. The number of anilines is 1. The highest BCUT2D eigenvalue weighted by molar-refractivity contribution is 6.30. The molecule has 0 aliphatic rings. The van der Waals surface area contributed by atoms with Crippen LogP contribution in [0.2, 0.25) is 5.02 Å². The number of halogens is 1. The summed E-state index contributed by atoms with van der Waals surface area (Å²) in [6.07, 6.45) is 0. The summed E-state index contributed by atoms with van der Waals surface area (Å²) >= 11 is 5.89. The fourth-order valence-corrected chi connectivity index (χ4v) is 2.15. The number of phenolic OH excluding ortho intramolecular Hbond substituents is 1. The van der Waals surface area contributed by atoms with Crippen LogP contribution in [0.4, 0.5) is 5.69 Å². The van der Waals surface area contributed by atoms with Gasteiger partial charge in [0, 0.05) is 16.8 Å². The van der Waals surface area contributed by atoms with Crippen molar-refractivity contribution >= 4 is 17.3 Å². The molecule has 100 valence electrons. The molecule has 19 heavy (non-hydrogen) atoms. The molecule has 2 aromatic carbocycles. The summed E-state index contributed by atoms with van der Waals surface area (Å²) in [6.45, 7) is 5.98. The summed E-state index contributed by atoms with van der Waals surface area (Å²) in [5.74, 6) is 0.335. The lowest BCUT2D eigenvalue weighted by Crippen LogP contribution is -2.07.